The Hall–Kier alpha value is -2.32. The number of benzene rings is 2. The molecule has 114 valence electrons. The van der Waals surface area contributed by atoms with Crippen LogP contribution >= 0.6 is 11.6 Å². The van der Waals surface area contributed by atoms with Gasteiger partial charge in [0.05, 0.1) is 5.69 Å². The van der Waals surface area contributed by atoms with E-state index < -0.39 is 0 Å². The van der Waals surface area contributed by atoms with Crippen molar-refractivity contribution in [2.24, 2.45) is 0 Å². The molecule has 0 unspecified atom stereocenters. The molecule has 2 nitrogen and oxygen atoms in total. The largest absolute Gasteiger partial charge is 0.307 e. The van der Waals surface area contributed by atoms with Crippen LogP contribution in [0.5, 0.6) is 0 Å². The molecule has 0 saturated heterocycles. The van der Waals surface area contributed by atoms with E-state index in [0.717, 1.165) is 34.4 Å². The van der Waals surface area contributed by atoms with Crippen LogP contribution in [0.2, 0.25) is 5.02 Å². The summed E-state index contributed by atoms with van der Waals surface area (Å²) in [5.41, 5.74) is 6.24. The van der Waals surface area contributed by atoms with Crippen molar-refractivity contribution in [2.75, 3.05) is 0 Å². The minimum Gasteiger partial charge on any atom is -0.307 e. The van der Waals surface area contributed by atoms with Crippen LogP contribution < -0.4 is 5.56 Å². The average molecular weight is 322 g/mol. The summed E-state index contributed by atoms with van der Waals surface area (Å²) in [5, 5.41) is 0.705. The molecule has 4 rings (SSSR count). The van der Waals surface area contributed by atoms with Crippen molar-refractivity contribution in [3.8, 4) is 22.4 Å². The lowest BCUT2D eigenvalue weighted by Crippen LogP contribution is -2.28. The predicted octanol–water partition coefficient (Wildman–Crippen LogP) is 4.70. The van der Waals surface area contributed by atoms with Crippen LogP contribution in [0.25, 0.3) is 22.4 Å². The minimum absolute atomic E-state index is 0.0717. The molecule has 0 aliphatic carbocycles. The van der Waals surface area contributed by atoms with Gasteiger partial charge in [-0.15, -0.1) is 0 Å². The molecule has 0 amide bonds. The first-order valence-electron chi connectivity index (χ1n) is 7.74. The molecular weight excluding hydrogens is 306 g/mol. The maximum atomic E-state index is 13.0. The van der Waals surface area contributed by atoms with E-state index in [-0.39, 0.29) is 5.56 Å². The summed E-state index contributed by atoms with van der Waals surface area (Å²) in [6, 6.07) is 17.8. The standard InChI is InChI=1S/C20H16ClNO/c1-13-11-18(14-5-3-2-4-6-14)20(23)22-10-9-15-7-8-16(21)12-17(15)19(13)22/h2-8,11-12H,9-10H2,1H3. The lowest BCUT2D eigenvalue weighted by atomic mass is 9.93. The Balaban J connectivity index is 2.00. The first kappa shape index (κ1) is 14.3. The molecule has 1 aliphatic heterocycles. The van der Waals surface area contributed by atoms with Gasteiger partial charge in [0, 0.05) is 22.7 Å². The molecule has 0 saturated carbocycles. The Morgan fingerprint density at radius 3 is 2.57 bits per heavy atom. The molecular formula is C20H16ClNO. The quantitative estimate of drug-likeness (QED) is 0.636. The third kappa shape index (κ3) is 2.30. The first-order chi connectivity index (χ1) is 11.1. The van der Waals surface area contributed by atoms with E-state index in [9.17, 15) is 4.79 Å². The molecule has 0 radical (unpaired) electrons. The van der Waals surface area contributed by atoms with Crippen molar-refractivity contribution in [1.29, 1.82) is 0 Å². The fourth-order valence-corrected chi connectivity index (χ4v) is 3.59. The molecule has 0 atom stereocenters. The number of hydrogen-bond donors (Lipinski definition) is 0. The van der Waals surface area contributed by atoms with E-state index in [2.05, 4.69) is 13.0 Å². The van der Waals surface area contributed by atoms with E-state index in [1.165, 1.54) is 5.56 Å². The summed E-state index contributed by atoms with van der Waals surface area (Å²) in [6.07, 6.45) is 0.858. The summed E-state index contributed by atoms with van der Waals surface area (Å²) in [5.74, 6) is 0. The van der Waals surface area contributed by atoms with Crippen LogP contribution in [0.3, 0.4) is 0 Å². The first-order valence-corrected chi connectivity index (χ1v) is 8.11. The van der Waals surface area contributed by atoms with Gasteiger partial charge in [-0.25, -0.2) is 0 Å². The second-order valence-corrected chi connectivity index (χ2v) is 6.40. The third-order valence-corrected chi connectivity index (χ3v) is 4.73. The van der Waals surface area contributed by atoms with Gasteiger partial charge >= 0.3 is 0 Å². The highest BCUT2D eigenvalue weighted by molar-refractivity contribution is 6.30. The number of aromatic nitrogens is 1. The highest BCUT2D eigenvalue weighted by Crippen LogP contribution is 2.34. The van der Waals surface area contributed by atoms with Crippen LogP contribution in [0, 0.1) is 6.92 Å². The zero-order valence-corrected chi connectivity index (χ0v) is 13.6. The summed E-state index contributed by atoms with van der Waals surface area (Å²) < 4.78 is 1.90. The third-order valence-electron chi connectivity index (χ3n) is 4.50. The molecule has 0 N–H and O–H groups in total. The van der Waals surface area contributed by atoms with Gasteiger partial charge in [-0.2, -0.15) is 0 Å². The molecule has 0 fully saturated rings. The van der Waals surface area contributed by atoms with Crippen molar-refractivity contribution in [1.82, 2.24) is 4.57 Å². The summed E-state index contributed by atoms with van der Waals surface area (Å²) >= 11 is 6.18. The number of fused-ring (bicyclic) bond motifs is 3. The smallest absolute Gasteiger partial charge is 0.258 e. The van der Waals surface area contributed by atoms with E-state index in [4.69, 9.17) is 11.6 Å². The topological polar surface area (TPSA) is 22.0 Å². The van der Waals surface area contributed by atoms with Gasteiger partial charge in [0.2, 0.25) is 0 Å². The van der Waals surface area contributed by atoms with E-state index in [1.807, 2.05) is 53.1 Å². The lowest BCUT2D eigenvalue weighted by Gasteiger charge is -2.24. The van der Waals surface area contributed by atoms with Crippen LogP contribution in [0.4, 0.5) is 0 Å². The van der Waals surface area contributed by atoms with Crippen molar-refractivity contribution in [3.05, 3.63) is 81.1 Å². The molecule has 23 heavy (non-hydrogen) atoms. The van der Waals surface area contributed by atoms with Crippen LogP contribution in [0.15, 0.2) is 59.4 Å². The molecule has 0 bridgehead atoms. The van der Waals surface area contributed by atoms with E-state index in [1.54, 1.807) is 0 Å². The van der Waals surface area contributed by atoms with Gasteiger partial charge in [0.1, 0.15) is 0 Å². The van der Waals surface area contributed by atoms with Gasteiger partial charge in [-0.1, -0.05) is 48.0 Å². The normalized spacial score (nSPS) is 12.6. The monoisotopic (exact) mass is 321 g/mol. The molecule has 3 heteroatoms. The maximum absolute atomic E-state index is 13.0. The Kier molecular flexibility index (Phi) is 3.35. The predicted molar refractivity (Wildman–Crippen MR) is 95.0 cm³/mol. The van der Waals surface area contributed by atoms with Gasteiger partial charge in [0.25, 0.3) is 5.56 Å². The zero-order valence-electron chi connectivity index (χ0n) is 12.8. The second kappa shape index (κ2) is 5.39. The molecule has 1 aromatic heterocycles. The SMILES string of the molecule is Cc1cc(-c2ccccc2)c(=O)n2c1-c1cc(Cl)ccc1CC2. The van der Waals surface area contributed by atoms with Gasteiger partial charge in [-0.3, -0.25) is 4.79 Å². The molecule has 1 aliphatic rings. The molecule has 2 aromatic carbocycles. The van der Waals surface area contributed by atoms with E-state index in [0.29, 0.717) is 11.6 Å². The van der Waals surface area contributed by atoms with Crippen molar-refractivity contribution in [3.63, 3.8) is 0 Å². The number of pyridine rings is 1. The second-order valence-electron chi connectivity index (χ2n) is 5.96. The number of aryl methyl sites for hydroxylation is 2. The van der Waals surface area contributed by atoms with Gasteiger partial charge in [-0.05, 0) is 48.2 Å². The van der Waals surface area contributed by atoms with Gasteiger partial charge in [0.15, 0.2) is 0 Å². The van der Waals surface area contributed by atoms with Crippen LogP contribution in [-0.4, -0.2) is 4.57 Å². The Labute approximate surface area is 140 Å². The molecule has 2 heterocycles. The highest BCUT2D eigenvalue weighted by Gasteiger charge is 2.21. The number of hydrogen-bond acceptors (Lipinski definition) is 1. The number of nitrogens with zero attached hydrogens (tertiary/aromatic N) is 1. The van der Waals surface area contributed by atoms with Gasteiger partial charge < -0.3 is 4.57 Å². The number of rotatable bonds is 1. The Bertz CT molecular complexity index is 957. The zero-order chi connectivity index (χ0) is 16.0. The maximum Gasteiger partial charge on any atom is 0.258 e. The fraction of sp³-hybridized carbons (Fsp3) is 0.150. The van der Waals surface area contributed by atoms with E-state index >= 15 is 0 Å². The van der Waals surface area contributed by atoms with Crippen LogP contribution in [-0.2, 0) is 13.0 Å². The Morgan fingerprint density at radius 2 is 1.78 bits per heavy atom. The molecule has 0 spiro atoms. The van der Waals surface area contributed by atoms with Crippen molar-refractivity contribution in [2.45, 2.75) is 19.9 Å². The van der Waals surface area contributed by atoms with Crippen molar-refractivity contribution >= 4 is 11.6 Å². The average Bonchev–Trinajstić information content (AvgIpc) is 2.58. The van der Waals surface area contributed by atoms with Crippen molar-refractivity contribution < 1.29 is 0 Å². The van der Waals surface area contributed by atoms with Crippen LogP contribution in [0.1, 0.15) is 11.1 Å². The summed E-state index contributed by atoms with van der Waals surface area (Å²) in [4.78, 5) is 13.0. The fourth-order valence-electron chi connectivity index (χ4n) is 3.42. The Morgan fingerprint density at radius 1 is 1.00 bits per heavy atom. The molecule has 3 aromatic rings. The highest BCUT2D eigenvalue weighted by atomic mass is 35.5. The summed E-state index contributed by atoms with van der Waals surface area (Å²) in [7, 11) is 0. The number of halogens is 1. The minimum atomic E-state index is 0.0717. The lowest BCUT2D eigenvalue weighted by molar-refractivity contribution is 0.658. The summed E-state index contributed by atoms with van der Waals surface area (Å²) in [6.45, 7) is 2.78.